The monoisotopic (exact) mass is 375 g/mol. The van der Waals surface area contributed by atoms with Gasteiger partial charge in [0.1, 0.15) is 5.69 Å². The number of hydrogen-bond donors (Lipinski definition) is 0. The van der Waals surface area contributed by atoms with E-state index in [4.69, 9.17) is 4.52 Å². The van der Waals surface area contributed by atoms with Gasteiger partial charge in [-0.15, -0.1) is 0 Å². The molecule has 27 heavy (non-hydrogen) atoms. The molecule has 0 amide bonds. The van der Waals surface area contributed by atoms with Gasteiger partial charge in [0.15, 0.2) is 0 Å². The quantitative estimate of drug-likeness (QED) is 0.691. The van der Waals surface area contributed by atoms with Crippen molar-refractivity contribution in [3.05, 3.63) is 54.2 Å². The van der Waals surface area contributed by atoms with Gasteiger partial charge in [0, 0.05) is 30.8 Å². The van der Waals surface area contributed by atoms with Crippen LogP contribution in [-0.4, -0.2) is 33.2 Å². The van der Waals surface area contributed by atoms with Gasteiger partial charge in [-0.3, -0.25) is 0 Å². The molecule has 3 aromatic rings. The summed E-state index contributed by atoms with van der Waals surface area (Å²) in [7, 11) is 0. The second kappa shape index (κ2) is 6.98. The van der Waals surface area contributed by atoms with Gasteiger partial charge in [-0.05, 0) is 18.9 Å². The lowest BCUT2D eigenvalue weighted by Crippen LogP contribution is -2.34. The maximum absolute atomic E-state index is 12.8. The number of hydrogen-bond acceptors (Lipinski definition) is 6. The van der Waals surface area contributed by atoms with Gasteiger partial charge in [0.2, 0.25) is 17.7 Å². The van der Waals surface area contributed by atoms with Gasteiger partial charge in [-0.1, -0.05) is 35.5 Å². The Kier molecular flexibility index (Phi) is 4.51. The third-order valence-corrected chi connectivity index (χ3v) is 4.53. The second-order valence-corrected chi connectivity index (χ2v) is 6.32. The summed E-state index contributed by atoms with van der Waals surface area (Å²) in [6.45, 7) is 1.05. The third kappa shape index (κ3) is 3.76. The summed E-state index contributed by atoms with van der Waals surface area (Å²) < 4.78 is 43.9. The lowest BCUT2D eigenvalue weighted by molar-refractivity contribution is -0.141. The van der Waals surface area contributed by atoms with E-state index >= 15 is 0 Å². The Bertz CT molecular complexity index is 905. The Morgan fingerprint density at radius 1 is 1.00 bits per heavy atom. The Hall–Kier alpha value is -2.97. The minimum absolute atomic E-state index is 0.0667. The smallest absolute Gasteiger partial charge is 0.341 e. The molecular weight excluding hydrogens is 359 g/mol. The van der Waals surface area contributed by atoms with Crippen molar-refractivity contribution >= 4 is 5.95 Å². The number of halogens is 3. The molecule has 1 aromatic carbocycles. The predicted molar refractivity (Wildman–Crippen MR) is 91.0 cm³/mol. The fourth-order valence-corrected chi connectivity index (χ4v) is 3.09. The van der Waals surface area contributed by atoms with Crippen LogP contribution in [0.4, 0.5) is 19.1 Å². The van der Waals surface area contributed by atoms with Crippen molar-refractivity contribution < 1.29 is 17.7 Å². The van der Waals surface area contributed by atoms with Crippen LogP contribution in [0, 0.1) is 0 Å². The first kappa shape index (κ1) is 17.4. The first-order valence-electron chi connectivity index (χ1n) is 8.55. The van der Waals surface area contributed by atoms with Gasteiger partial charge < -0.3 is 9.42 Å². The summed E-state index contributed by atoms with van der Waals surface area (Å²) in [5.41, 5.74) is -0.0543. The lowest BCUT2D eigenvalue weighted by Gasteiger charge is -2.30. The van der Waals surface area contributed by atoms with E-state index in [1.165, 1.54) is 0 Å². The SMILES string of the molecule is FC(F)(F)c1ccnc(N2CCC(c3nc(-c4ccccc4)no3)CC2)n1. The molecule has 0 aliphatic carbocycles. The normalized spacial score (nSPS) is 15.9. The predicted octanol–water partition coefficient (Wildman–Crippen LogP) is 3.93. The van der Waals surface area contributed by atoms with Crippen molar-refractivity contribution in [3.8, 4) is 11.4 Å². The molecular formula is C18H16F3N5O. The average Bonchev–Trinajstić information content (AvgIpc) is 3.19. The highest BCUT2D eigenvalue weighted by Gasteiger charge is 2.34. The van der Waals surface area contributed by atoms with E-state index in [1.54, 1.807) is 4.90 Å². The molecule has 0 atom stereocenters. The van der Waals surface area contributed by atoms with Crippen LogP contribution >= 0.6 is 0 Å². The number of anilines is 1. The van der Waals surface area contributed by atoms with Gasteiger partial charge in [0.25, 0.3) is 0 Å². The molecule has 0 N–H and O–H groups in total. The molecule has 0 spiro atoms. The molecule has 1 fully saturated rings. The maximum atomic E-state index is 12.8. The van der Waals surface area contributed by atoms with E-state index < -0.39 is 11.9 Å². The number of benzene rings is 1. The molecule has 0 bridgehead atoms. The first-order valence-corrected chi connectivity index (χ1v) is 8.55. The van der Waals surface area contributed by atoms with Crippen molar-refractivity contribution in [2.75, 3.05) is 18.0 Å². The minimum Gasteiger partial charge on any atom is -0.341 e. The third-order valence-electron chi connectivity index (χ3n) is 4.53. The molecule has 0 unspecified atom stereocenters. The van der Waals surface area contributed by atoms with Crippen molar-refractivity contribution in [2.45, 2.75) is 24.9 Å². The van der Waals surface area contributed by atoms with E-state index in [0.717, 1.165) is 17.8 Å². The van der Waals surface area contributed by atoms with Gasteiger partial charge in [-0.25, -0.2) is 9.97 Å². The summed E-state index contributed by atoms with van der Waals surface area (Å²) in [4.78, 5) is 13.9. The summed E-state index contributed by atoms with van der Waals surface area (Å²) in [5.74, 6) is 1.25. The molecule has 6 nitrogen and oxygen atoms in total. The van der Waals surface area contributed by atoms with Crippen LogP contribution in [0.15, 0.2) is 47.1 Å². The Labute approximate surface area is 153 Å². The number of nitrogens with zero attached hydrogens (tertiary/aromatic N) is 5. The molecule has 1 aliphatic rings. The fourth-order valence-electron chi connectivity index (χ4n) is 3.09. The second-order valence-electron chi connectivity index (χ2n) is 6.32. The van der Waals surface area contributed by atoms with Crippen LogP contribution in [0.3, 0.4) is 0 Å². The molecule has 2 aromatic heterocycles. The highest BCUT2D eigenvalue weighted by atomic mass is 19.4. The lowest BCUT2D eigenvalue weighted by atomic mass is 9.97. The van der Waals surface area contributed by atoms with Crippen LogP contribution in [0.1, 0.15) is 30.3 Å². The van der Waals surface area contributed by atoms with Crippen LogP contribution in [0.25, 0.3) is 11.4 Å². The standard InChI is InChI=1S/C18H16F3N5O/c19-18(20,21)14-6-9-22-17(23-14)26-10-7-13(8-11-26)16-24-15(25-27-16)12-4-2-1-3-5-12/h1-6,9,13H,7-8,10-11H2. The van der Waals surface area contributed by atoms with Crippen LogP contribution in [0.2, 0.25) is 0 Å². The number of piperidine rings is 1. The van der Waals surface area contributed by atoms with E-state index in [-0.39, 0.29) is 11.9 Å². The topological polar surface area (TPSA) is 67.9 Å². The highest BCUT2D eigenvalue weighted by Crippen LogP contribution is 2.31. The van der Waals surface area contributed by atoms with Crippen LogP contribution in [0.5, 0.6) is 0 Å². The molecule has 9 heteroatoms. The van der Waals surface area contributed by atoms with E-state index in [2.05, 4.69) is 20.1 Å². The minimum atomic E-state index is -4.48. The van der Waals surface area contributed by atoms with Gasteiger partial charge >= 0.3 is 6.18 Å². The Balaban J connectivity index is 1.43. The Morgan fingerprint density at radius 3 is 2.44 bits per heavy atom. The number of rotatable bonds is 3. The zero-order valence-corrected chi connectivity index (χ0v) is 14.2. The van der Waals surface area contributed by atoms with Crippen molar-refractivity contribution in [3.63, 3.8) is 0 Å². The number of aromatic nitrogens is 4. The van der Waals surface area contributed by atoms with E-state index in [0.29, 0.717) is 37.6 Å². The van der Waals surface area contributed by atoms with Gasteiger partial charge in [-0.2, -0.15) is 18.2 Å². The fraction of sp³-hybridized carbons (Fsp3) is 0.333. The largest absolute Gasteiger partial charge is 0.433 e. The van der Waals surface area contributed by atoms with Crippen molar-refractivity contribution in [1.29, 1.82) is 0 Å². The van der Waals surface area contributed by atoms with Crippen molar-refractivity contribution in [1.82, 2.24) is 20.1 Å². The summed E-state index contributed by atoms with van der Waals surface area (Å²) in [5, 5.41) is 4.03. The zero-order chi connectivity index (χ0) is 18.9. The molecule has 1 saturated heterocycles. The highest BCUT2D eigenvalue weighted by molar-refractivity contribution is 5.53. The summed E-state index contributed by atoms with van der Waals surface area (Å²) in [6, 6.07) is 10.4. The molecule has 4 rings (SSSR count). The Morgan fingerprint density at radius 2 is 1.74 bits per heavy atom. The summed E-state index contributed by atoms with van der Waals surface area (Å²) in [6.07, 6.45) is -1.99. The molecule has 1 aliphatic heterocycles. The number of alkyl halides is 3. The van der Waals surface area contributed by atoms with Crippen LogP contribution < -0.4 is 4.90 Å². The van der Waals surface area contributed by atoms with E-state index in [1.807, 2.05) is 30.3 Å². The summed E-state index contributed by atoms with van der Waals surface area (Å²) >= 11 is 0. The molecule has 140 valence electrons. The maximum Gasteiger partial charge on any atom is 0.433 e. The van der Waals surface area contributed by atoms with E-state index in [9.17, 15) is 13.2 Å². The molecule has 0 saturated carbocycles. The van der Waals surface area contributed by atoms with Crippen LogP contribution in [-0.2, 0) is 6.18 Å². The average molecular weight is 375 g/mol. The van der Waals surface area contributed by atoms with Gasteiger partial charge in [0.05, 0.1) is 0 Å². The molecule has 0 radical (unpaired) electrons. The van der Waals surface area contributed by atoms with Crippen molar-refractivity contribution in [2.24, 2.45) is 0 Å². The molecule has 3 heterocycles. The zero-order valence-electron chi connectivity index (χ0n) is 14.2. The first-order chi connectivity index (χ1) is 13.0.